The number of carbonyl (C=O) groups excluding carboxylic acids is 1. The molecule has 1 N–H and O–H groups in total. The molecule has 0 aromatic heterocycles. The molecular formula is C12H14N2OS. The summed E-state index contributed by atoms with van der Waals surface area (Å²) in [6, 6.07) is 7.90. The molecule has 0 saturated carbocycles. The van der Waals surface area contributed by atoms with E-state index in [-0.39, 0.29) is 11.9 Å². The van der Waals surface area contributed by atoms with Crippen LogP contribution in [-0.4, -0.2) is 22.0 Å². The average molecular weight is 234 g/mol. The van der Waals surface area contributed by atoms with E-state index < -0.39 is 0 Å². The van der Waals surface area contributed by atoms with Crippen molar-refractivity contribution in [3.8, 4) is 0 Å². The summed E-state index contributed by atoms with van der Waals surface area (Å²) < 4.78 is 0. The zero-order chi connectivity index (χ0) is 11.7. The molecule has 0 radical (unpaired) electrons. The van der Waals surface area contributed by atoms with Gasteiger partial charge >= 0.3 is 0 Å². The van der Waals surface area contributed by atoms with Crippen molar-refractivity contribution in [1.29, 1.82) is 0 Å². The third-order valence-electron chi connectivity index (χ3n) is 2.64. The minimum absolute atomic E-state index is 0.0477. The first-order valence-corrected chi connectivity index (χ1v) is 5.66. The number of amides is 1. The number of thiocarbonyl (C=S) groups is 1. The lowest BCUT2D eigenvalue weighted by Crippen LogP contribution is -2.30. The molecule has 1 aromatic carbocycles. The second-order valence-corrected chi connectivity index (χ2v) is 4.47. The number of aryl methyl sites for hydroxylation is 1. The van der Waals surface area contributed by atoms with Crippen molar-refractivity contribution in [3.63, 3.8) is 0 Å². The lowest BCUT2D eigenvalue weighted by atomic mass is 10.1. The van der Waals surface area contributed by atoms with E-state index in [4.69, 9.17) is 12.2 Å². The maximum Gasteiger partial charge on any atom is 0.251 e. The van der Waals surface area contributed by atoms with Crippen LogP contribution in [0.15, 0.2) is 24.3 Å². The second kappa shape index (κ2) is 4.22. The van der Waals surface area contributed by atoms with Crippen LogP contribution in [-0.2, 0) is 11.3 Å². The quantitative estimate of drug-likeness (QED) is 0.789. The molecule has 1 aliphatic heterocycles. The van der Waals surface area contributed by atoms with E-state index in [9.17, 15) is 4.79 Å². The Morgan fingerprint density at radius 1 is 1.50 bits per heavy atom. The van der Waals surface area contributed by atoms with Crippen molar-refractivity contribution in [3.05, 3.63) is 35.4 Å². The van der Waals surface area contributed by atoms with E-state index in [2.05, 4.69) is 11.4 Å². The maximum absolute atomic E-state index is 11.8. The molecule has 1 saturated heterocycles. The highest BCUT2D eigenvalue weighted by Crippen LogP contribution is 2.13. The minimum Gasteiger partial charge on any atom is -0.351 e. The summed E-state index contributed by atoms with van der Waals surface area (Å²) in [4.78, 5) is 13.4. The number of carbonyl (C=O) groups is 1. The first-order valence-electron chi connectivity index (χ1n) is 5.25. The third-order valence-corrected chi connectivity index (χ3v) is 2.98. The molecule has 3 nitrogen and oxygen atoms in total. The molecule has 1 aromatic rings. The Morgan fingerprint density at radius 2 is 2.25 bits per heavy atom. The molecule has 1 aliphatic rings. The number of nitrogens with zero attached hydrogens (tertiary/aromatic N) is 1. The van der Waals surface area contributed by atoms with Gasteiger partial charge in [0, 0.05) is 0 Å². The summed E-state index contributed by atoms with van der Waals surface area (Å²) in [5, 5.41) is 3.49. The summed E-state index contributed by atoms with van der Waals surface area (Å²) in [5.41, 5.74) is 2.29. The third kappa shape index (κ3) is 2.07. The van der Waals surface area contributed by atoms with Crippen LogP contribution in [0.3, 0.4) is 0 Å². The molecule has 0 unspecified atom stereocenters. The standard InChI is InChI=1S/C12H14N2OS/c1-8-4-3-5-10(6-8)7-14-11(15)9(2)13-12(14)16/h3-6,9H,7H2,1-2H3,(H,13,16)/t9-/m1/s1. The monoisotopic (exact) mass is 234 g/mol. The molecule has 2 rings (SSSR count). The largest absolute Gasteiger partial charge is 0.351 e. The van der Waals surface area contributed by atoms with Gasteiger partial charge in [-0.05, 0) is 31.6 Å². The number of hydrogen-bond donors (Lipinski definition) is 1. The lowest BCUT2D eigenvalue weighted by Gasteiger charge is -2.14. The van der Waals surface area contributed by atoms with Crippen LogP contribution in [0, 0.1) is 6.92 Å². The van der Waals surface area contributed by atoms with Crippen LogP contribution in [0.2, 0.25) is 0 Å². The van der Waals surface area contributed by atoms with Crippen LogP contribution in [0.1, 0.15) is 18.1 Å². The normalized spacial score (nSPS) is 20.1. The van der Waals surface area contributed by atoms with Gasteiger partial charge in [-0.3, -0.25) is 9.69 Å². The van der Waals surface area contributed by atoms with Gasteiger partial charge in [0.1, 0.15) is 6.04 Å². The van der Waals surface area contributed by atoms with Gasteiger partial charge in [0.2, 0.25) is 0 Å². The van der Waals surface area contributed by atoms with E-state index in [1.165, 1.54) is 5.56 Å². The summed E-state index contributed by atoms with van der Waals surface area (Å²) >= 11 is 5.12. The Balaban J connectivity index is 2.16. The predicted molar refractivity (Wildman–Crippen MR) is 66.9 cm³/mol. The Labute approximate surface area is 100 Å². The Kier molecular flexibility index (Phi) is 2.92. The fraction of sp³-hybridized carbons (Fsp3) is 0.333. The smallest absolute Gasteiger partial charge is 0.251 e. The van der Waals surface area contributed by atoms with Crippen LogP contribution >= 0.6 is 12.2 Å². The van der Waals surface area contributed by atoms with Crippen molar-refractivity contribution in [2.24, 2.45) is 0 Å². The van der Waals surface area contributed by atoms with Gasteiger partial charge in [-0.25, -0.2) is 0 Å². The Hall–Kier alpha value is -1.42. The highest BCUT2D eigenvalue weighted by molar-refractivity contribution is 7.80. The summed E-state index contributed by atoms with van der Waals surface area (Å²) in [6.07, 6.45) is 0. The number of hydrogen-bond acceptors (Lipinski definition) is 2. The van der Waals surface area contributed by atoms with Crippen molar-refractivity contribution >= 4 is 23.2 Å². The van der Waals surface area contributed by atoms with E-state index in [1.807, 2.05) is 32.0 Å². The van der Waals surface area contributed by atoms with E-state index in [1.54, 1.807) is 4.90 Å². The molecule has 84 valence electrons. The first-order chi connectivity index (χ1) is 7.58. The SMILES string of the molecule is Cc1cccc(CN2C(=O)[C@@H](C)NC2=S)c1. The van der Waals surface area contributed by atoms with E-state index >= 15 is 0 Å². The van der Waals surface area contributed by atoms with Crippen molar-refractivity contribution < 1.29 is 4.79 Å². The van der Waals surface area contributed by atoms with Crippen molar-refractivity contribution in [2.75, 3.05) is 0 Å². The average Bonchev–Trinajstić information content (AvgIpc) is 2.45. The van der Waals surface area contributed by atoms with Crippen LogP contribution in [0.5, 0.6) is 0 Å². The Morgan fingerprint density at radius 3 is 2.81 bits per heavy atom. The summed E-state index contributed by atoms with van der Waals surface area (Å²) in [7, 11) is 0. The summed E-state index contributed by atoms with van der Waals surface area (Å²) in [5.74, 6) is 0.0477. The molecule has 0 spiro atoms. The molecule has 0 aliphatic carbocycles. The molecule has 1 amide bonds. The zero-order valence-electron chi connectivity index (χ0n) is 9.36. The molecule has 4 heteroatoms. The molecule has 0 bridgehead atoms. The number of benzene rings is 1. The Bertz CT molecular complexity index is 444. The van der Waals surface area contributed by atoms with Gasteiger partial charge in [0.25, 0.3) is 5.91 Å². The van der Waals surface area contributed by atoms with Crippen LogP contribution in [0.4, 0.5) is 0 Å². The van der Waals surface area contributed by atoms with Crippen molar-refractivity contribution in [1.82, 2.24) is 10.2 Å². The van der Waals surface area contributed by atoms with Gasteiger partial charge in [-0.2, -0.15) is 0 Å². The van der Waals surface area contributed by atoms with Crippen LogP contribution in [0.25, 0.3) is 0 Å². The zero-order valence-corrected chi connectivity index (χ0v) is 10.2. The fourth-order valence-electron chi connectivity index (χ4n) is 1.80. The van der Waals surface area contributed by atoms with Gasteiger partial charge in [-0.1, -0.05) is 29.8 Å². The molecule has 1 heterocycles. The van der Waals surface area contributed by atoms with Gasteiger partial charge < -0.3 is 5.32 Å². The molecule has 1 fully saturated rings. The summed E-state index contributed by atoms with van der Waals surface area (Å²) in [6.45, 7) is 4.41. The topological polar surface area (TPSA) is 32.3 Å². The lowest BCUT2D eigenvalue weighted by molar-refractivity contribution is -0.127. The van der Waals surface area contributed by atoms with Crippen molar-refractivity contribution in [2.45, 2.75) is 26.4 Å². The second-order valence-electron chi connectivity index (χ2n) is 4.08. The molecule has 16 heavy (non-hydrogen) atoms. The maximum atomic E-state index is 11.8. The molecular weight excluding hydrogens is 220 g/mol. The van der Waals surface area contributed by atoms with Gasteiger partial charge in [0.05, 0.1) is 6.54 Å². The minimum atomic E-state index is -0.197. The first kappa shape index (κ1) is 11.1. The predicted octanol–water partition coefficient (Wildman–Crippen LogP) is 1.60. The van der Waals surface area contributed by atoms with Gasteiger partial charge in [0.15, 0.2) is 5.11 Å². The number of nitrogens with one attached hydrogen (secondary N) is 1. The highest BCUT2D eigenvalue weighted by Gasteiger charge is 2.31. The highest BCUT2D eigenvalue weighted by atomic mass is 32.1. The fourth-order valence-corrected chi connectivity index (χ4v) is 2.13. The molecule has 1 atom stereocenters. The van der Waals surface area contributed by atoms with E-state index in [0.29, 0.717) is 11.7 Å². The van der Waals surface area contributed by atoms with Crippen LogP contribution < -0.4 is 5.32 Å². The van der Waals surface area contributed by atoms with E-state index in [0.717, 1.165) is 5.56 Å². The van der Waals surface area contributed by atoms with Gasteiger partial charge in [-0.15, -0.1) is 0 Å². The number of rotatable bonds is 2.